The van der Waals surface area contributed by atoms with Gasteiger partial charge in [0.15, 0.2) is 5.78 Å². The first-order chi connectivity index (χ1) is 13.0. The third kappa shape index (κ3) is 3.51. The molecule has 0 saturated carbocycles. The van der Waals surface area contributed by atoms with E-state index in [0.29, 0.717) is 15.8 Å². The van der Waals surface area contributed by atoms with Crippen molar-refractivity contribution in [3.63, 3.8) is 0 Å². The molecule has 0 aliphatic carbocycles. The van der Waals surface area contributed by atoms with Gasteiger partial charge in [0.2, 0.25) is 0 Å². The third-order valence-corrected chi connectivity index (χ3v) is 6.23. The minimum atomic E-state index is -0.322. The molecule has 0 aliphatic heterocycles. The van der Waals surface area contributed by atoms with E-state index in [1.165, 1.54) is 23.5 Å². The van der Waals surface area contributed by atoms with Gasteiger partial charge in [0.05, 0.1) is 16.3 Å². The summed E-state index contributed by atoms with van der Waals surface area (Å²) < 4.78 is 6.64. The molecule has 4 aromatic rings. The number of halogens is 1. The van der Waals surface area contributed by atoms with E-state index in [1.807, 2.05) is 24.3 Å². The highest BCUT2D eigenvalue weighted by Crippen LogP contribution is 2.41. The van der Waals surface area contributed by atoms with Gasteiger partial charge in [-0.2, -0.15) is 0 Å². The number of thioether (sulfide) groups is 1. The Morgan fingerprint density at radius 3 is 2.78 bits per heavy atom. The molecule has 0 fully saturated rings. The average molecular weight is 419 g/mol. The number of phenols is 2. The Balaban J connectivity index is 1.51. The van der Waals surface area contributed by atoms with E-state index < -0.39 is 0 Å². The summed E-state index contributed by atoms with van der Waals surface area (Å²) in [7, 11) is 0. The smallest absolute Gasteiger partial charge is 0.277 e. The zero-order valence-corrected chi connectivity index (χ0v) is 15.9. The second kappa shape index (κ2) is 7.22. The first kappa shape index (κ1) is 17.8. The van der Waals surface area contributed by atoms with Gasteiger partial charge in [-0.15, -0.1) is 21.5 Å². The van der Waals surface area contributed by atoms with Crippen LogP contribution in [0.2, 0.25) is 5.02 Å². The molecule has 4 rings (SSSR count). The minimum Gasteiger partial charge on any atom is -0.508 e. The van der Waals surface area contributed by atoms with Crippen LogP contribution in [0.5, 0.6) is 11.5 Å². The number of Topliss-reactive ketones (excluding diaryl/α,β-unsaturated/α-hetero) is 1. The number of aromatic nitrogens is 2. The Morgan fingerprint density at radius 1 is 1.19 bits per heavy atom. The fraction of sp³-hybridized carbons (Fsp3) is 0.0556. The fourth-order valence-corrected chi connectivity index (χ4v) is 4.55. The van der Waals surface area contributed by atoms with E-state index in [-0.39, 0.29) is 33.8 Å². The van der Waals surface area contributed by atoms with Crippen molar-refractivity contribution in [2.75, 3.05) is 5.75 Å². The first-order valence-corrected chi connectivity index (χ1v) is 9.90. The van der Waals surface area contributed by atoms with E-state index >= 15 is 0 Å². The average Bonchev–Trinajstić information content (AvgIpc) is 3.25. The van der Waals surface area contributed by atoms with Gasteiger partial charge in [0.1, 0.15) is 16.4 Å². The standard InChI is InChI=1S/C18H11ClN2O4S2/c19-15-11-3-1-2-4-14(11)27-16(15)17-20-21-18(25-17)26-8-13(24)10-6-5-9(22)7-12(10)23/h1-7,22-23H,8H2. The molecule has 2 aromatic heterocycles. The van der Waals surface area contributed by atoms with Gasteiger partial charge in [-0.25, -0.2) is 0 Å². The molecular formula is C18H11ClN2O4S2. The quantitative estimate of drug-likeness (QED) is 0.348. The minimum absolute atomic E-state index is 0.000116. The largest absolute Gasteiger partial charge is 0.508 e. The summed E-state index contributed by atoms with van der Waals surface area (Å²) in [6.45, 7) is 0. The van der Waals surface area contributed by atoms with Gasteiger partial charge >= 0.3 is 0 Å². The number of ketones is 1. The molecule has 0 unspecified atom stereocenters. The summed E-state index contributed by atoms with van der Waals surface area (Å²) in [6, 6.07) is 11.5. The lowest BCUT2D eigenvalue weighted by Crippen LogP contribution is -2.02. The van der Waals surface area contributed by atoms with Gasteiger partial charge < -0.3 is 14.6 Å². The van der Waals surface area contributed by atoms with Crippen molar-refractivity contribution in [3.8, 4) is 22.3 Å². The second-order valence-electron chi connectivity index (χ2n) is 5.53. The predicted octanol–water partition coefficient (Wildman–Crippen LogP) is 4.99. The maximum atomic E-state index is 12.2. The van der Waals surface area contributed by atoms with Crippen molar-refractivity contribution in [1.29, 1.82) is 0 Å². The fourth-order valence-electron chi connectivity index (χ4n) is 2.47. The van der Waals surface area contributed by atoms with Crippen molar-refractivity contribution in [2.24, 2.45) is 0 Å². The number of hydrogen-bond donors (Lipinski definition) is 2. The molecule has 0 bridgehead atoms. The Kier molecular flexibility index (Phi) is 4.77. The van der Waals surface area contributed by atoms with Crippen LogP contribution in [0.4, 0.5) is 0 Å². The maximum Gasteiger partial charge on any atom is 0.277 e. The lowest BCUT2D eigenvalue weighted by Gasteiger charge is -2.02. The molecule has 9 heteroatoms. The van der Waals surface area contributed by atoms with E-state index in [1.54, 1.807) is 0 Å². The summed E-state index contributed by atoms with van der Waals surface area (Å²) in [4.78, 5) is 12.9. The monoisotopic (exact) mass is 418 g/mol. The lowest BCUT2D eigenvalue weighted by molar-refractivity contribution is 0.101. The molecule has 2 heterocycles. The number of benzene rings is 2. The highest BCUT2D eigenvalue weighted by atomic mass is 35.5. The topological polar surface area (TPSA) is 96.5 Å². The van der Waals surface area contributed by atoms with E-state index in [2.05, 4.69) is 10.2 Å². The summed E-state index contributed by atoms with van der Waals surface area (Å²) in [5.74, 6) is -0.414. The Bertz CT molecular complexity index is 1160. The van der Waals surface area contributed by atoms with Gasteiger partial charge in [-0.05, 0) is 18.2 Å². The molecular weight excluding hydrogens is 408 g/mol. The van der Waals surface area contributed by atoms with Crippen LogP contribution in [0, 0.1) is 0 Å². The van der Waals surface area contributed by atoms with Crippen LogP contribution >= 0.6 is 34.7 Å². The van der Waals surface area contributed by atoms with Crippen LogP contribution in [0.25, 0.3) is 20.9 Å². The van der Waals surface area contributed by atoms with Gasteiger partial charge in [0.25, 0.3) is 11.1 Å². The van der Waals surface area contributed by atoms with E-state index in [4.69, 9.17) is 16.0 Å². The zero-order valence-electron chi connectivity index (χ0n) is 13.5. The molecule has 0 amide bonds. The molecule has 0 saturated heterocycles. The van der Waals surface area contributed by atoms with Crippen LogP contribution < -0.4 is 0 Å². The second-order valence-corrected chi connectivity index (χ2v) is 7.88. The predicted molar refractivity (Wildman–Crippen MR) is 105 cm³/mol. The number of phenolic OH excluding ortho intramolecular Hbond substituents is 2. The zero-order chi connectivity index (χ0) is 19.0. The van der Waals surface area contributed by atoms with Crippen LogP contribution in [-0.2, 0) is 0 Å². The molecule has 0 radical (unpaired) electrons. The molecule has 2 N–H and O–H groups in total. The number of hydrogen-bond acceptors (Lipinski definition) is 8. The molecule has 27 heavy (non-hydrogen) atoms. The van der Waals surface area contributed by atoms with Crippen molar-refractivity contribution < 1.29 is 19.4 Å². The summed E-state index contributed by atoms with van der Waals surface area (Å²) in [6.07, 6.45) is 0. The summed E-state index contributed by atoms with van der Waals surface area (Å²) >= 11 is 8.93. The summed E-state index contributed by atoms with van der Waals surface area (Å²) in [5.41, 5.74) is 0.118. The lowest BCUT2D eigenvalue weighted by atomic mass is 10.1. The molecule has 0 aliphatic rings. The first-order valence-electron chi connectivity index (χ1n) is 7.72. The number of carbonyl (C=O) groups excluding carboxylic acids is 1. The molecule has 136 valence electrons. The van der Waals surface area contributed by atoms with Crippen LogP contribution in [0.1, 0.15) is 10.4 Å². The van der Waals surface area contributed by atoms with Crippen molar-refractivity contribution in [2.45, 2.75) is 5.22 Å². The molecule has 0 atom stereocenters. The van der Waals surface area contributed by atoms with Gasteiger partial charge in [-0.3, -0.25) is 4.79 Å². The van der Waals surface area contributed by atoms with Crippen LogP contribution in [-0.4, -0.2) is 31.9 Å². The van der Waals surface area contributed by atoms with Crippen molar-refractivity contribution in [1.82, 2.24) is 10.2 Å². The van der Waals surface area contributed by atoms with Crippen molar-refractivity contribution in [3.05, 3.63) is 53.1 Å². The number of carbonyl (C=O) groups is 1. The van der Waals surface area contributed by atoms with E-state index in [0.717, 1.165) is 27.9 Å². The Morgan fingerprint density at radius 2 is 2.00 bits per heavy atom. The van der Waals surface area contributed by atoms with Crippen molar-refractivity contribution >= 4 is 50.6 Å². The number of rotatable bonds is 5. The third-order valence-electron chi connectivity index (χ3n) is 3.74. The Hall–Kier alpha value is -2.55. The molecule has 6 nitrogen and oxygen atoms in total. The number of thiophene rings is 1. The van der Waals surface area contributed by atoms with E-state index in [9.17, 15) is 15.0 Å². The van der Waals surface area contributed by atoms with Gasteiger partial charge in [0, 0.05) is 16.2 Å². The Labute approximate surface area is 166 Å². The SMILES string of the molecule is O=C(CSc1nnc(-c2sc3ccccc3c2Cl)o1)c1ccc(O)cc1O. The van der Waals surface area contributed by atoms with Gasteiger partial charge in [-0.1, -0.05) is 41.6 Å². The summed E-state index contributed by atoms with van der Waals surface area (Å²) in [5, 5.41) is 28.7. The molecule has 0 spiro atoms. The maximum absolute atomic E-state index is 12.2. The normalized spacial score (nSPS) is 11.1. The number of aromatic hydroxyl groups is 2. The number of fused-ring (bicyclic) bond motifs is 1. The van der Waals surface area contributed by atoms with Crippen LogP contribution in [0.15, 0.2) is 52.1 Å². The highest BCUT2D eigenvalue weighted by molar-refractivity contribution is 7.99. The van der Waals surface area contributed by atoms with Crippen LogP contribution in [0.3, 0.4) is 0 Å². The number of nitrogens with zero attached hydrogens (tertiary/aromatic N) is 2. The molecule has 2 aromatic carbocycles. The highest BCUT2D eigenvalue weighted by Gasteiger charge is 2.19.